The topological polar surface area (TPSA) is 95.0 Å². The van der Waals surface area contributed by atoms with Crippen LogP contribution in [0.15, 0.2) is 0 Å². The van der Waals surface area contributed by atoms with E-state index in [9.17, 15) is 0 Å². The molecule has 0 spiro atoms. The fourth-order valence-electron chi connectivity index (χ4n) is 0. The second kappa shape index (κ2) is 299. The van der Waals surface area contributed by atoms with Crippen LogP contribution in [0.2, 0.25) is 0 Å². The van der Waals surface area contributed by atoms with Gasteiger partial charge >= 0.3 is 0 Å². The second-order valence-corrected chi connectivity index (χ2v) is 0.0833. The van der Waals surface area contributed by atoms with Crippen LogP contribution in [0.5, 0.6) is 0 Å². The molecule has 5 heteroatoms. The highest BCUT2D eigenvalue weighted by Crippen LogP contribution is 0.619. The molecule has 0 rings (SSSR count). The molecule has 0 amide bonds. The van der Waals surface area contributed by atoms with Crippen molar-refractivity contribution in [3.05, 3.63) is 10.1 Å². The number of nitrogens with zero attached hydrogens (tertiary/aromatic N) is 1. The van der Waals surface area contributed by atoms with Gasteiger partial charge in [-0.25, -0.2) is 5.26 Å². The molecule has 0 aliphatic heterocycles. The van der Waals surface area contributed by atoms with Crippen molar-refractivity contribution in [2.45, 2.75) is 0 Å². The summed E-state index contributed by atoms with van der Waals surface area (Å²) in [7, 11) is 0. The minimum absolute atomic E-state index is 0.250. The largest absolute Gasteiger partial charge is 0.295 e. The molecule has 0 heterocycles. The van der Waals surface area contributed by atoms with Crippen molar-refractivity contribution in [3.63, 3.8) is 0 Å². The first-order valence-corrected chi connectivity index (χ1v) is 0.902. The van der Waals surface area contributed by atoms with Gasteiger partial charge in [-0.1, -0.05) is 0 Å². The average Bonchev–Trinajstić information content (AvgIpc) is 1.78. The zero-order chi connectivity index (χ0) is 6.71. The summed E-state index contributed by atoms with van der Waals surface area (Å²) in [5.41, 5.74) is 0. The minimum atomic E-state index is 0.250. The van der Waals surface area contributed by atoms with E-state index < -0.39 is 0 Å². The van der Waals surface area contributed by atoms with Crippen molar-refractivity contribution in [2.24, 2.45) is 0 Å². The first-order valence-electron chi connectivity index (χ1n) is 0.902. The van der Waals surface area contributed by atoms with Crippen LogP contribution in [-0.2, 0) is 4.79 Å². The fraction of sp³-hybridized carbons (Fsp3) is 0. The Kier molecular flexibility index (Phi) is 752. The molecule has 1 radical (unpaired) electrons. The van der Waals surface area contributed by atoms with Gasteiger partial charge in [0.2, 0.25) is 0 Å². The van der Waals surface area contributed by atoms with Gasteiger partial charge in [0.1, 0.15) is 0 Å². The second-order valence-electron chi connectivity index (χ2n) is 0.0833. The maximum absolute atomic E-state index is 8.12. The lowest BCUT2D eigenvalue weighted by molar-refractivity contribution is -0.398. The van der Waals surface area contributed by atoms with Gasteiger partial charge in [0, 0.05) is 11.9 Å². The van der Waals surface area contributed by atoms with Crippen LogP contribution in [0.4, 0.5) is 0 Å². The molecule has 7 heavy (non-hydrogen) atoms. The molecule has 0 bridgehead atoms. The molecule has 0 aliphatic rings. The van der Waals surface area contributed by atoms with E-state index >= 15 is 0 Å². The zero-order valence-electron chi connectivity index (χ0n) is 3.33. The molecule has 0 fully saturated rings. The molecule has 0 saturated heterocycles. The Bertz CT molecular complexity index is 43.4. The van der Waals surface area contributed by atoms with Crippen LogP contribution in [0.25, 0.3) is 0 Å². The highest BCUT2D eigenvalue weighted by Gasteiger charge is 1.10. The van der Waals surface area contributed by atoms with Crippen LogP contribution in [-0.4, -0.2) is 6.79 Å². The number of rotatable bonds is 0. The highest BCUT2D eigenvalue weighted by molar-refractivity contribution is 5.12. The highest BCUT2D eigenvalue weighted by atomic mass is 16.6. The van der Waals surface area contributed by atoms with Crippen molar-refractivity contribution in [1.29, 1.82) is 5.26 Å². The first kappa shape index (κ1) is 17.6. The molecule has 0 aliphatic carbocycles. The summed E-state index contributed by atoms with van der Waals surface area (Å²) in [5.74, 6) is 0. The Morgan fingerprint density at radius 1 is 1.43 bits per heavy atom. The van der Waals surface area contributed by atoms with E-state index in [2.05, 4.69) is 13.4 Å². The Labute approximate surface area is 40.1 Å². The van der Waals surface area contributed by atoms with E-state index in [0.717, 1.165) is 0 Å². The normalized spacial score (nSPS) is 2.57. The number of hydrogen-bond acceptors (Lipinski definition) is 4. The molecule has 0 unspecified atom stereocenters. The van der Waals surface area contributed by atoms with Crippen LogP contribution in [0.3, 0.4) is 0 Å². The summed E-state index contributed by atoms with van der Waals surface area (Å²) in [6.07, 6.45) is 0. The molecule has 0 saturated carbocycles. The van der Waals surface area contributed by atoms with Gasteiger partial charge in [-0.3, -0.25) is 14.9 Å². The minimum Gasteiger partial charge on any atom is -0.295 e. The van der Waals surface area contributed by atoms with Crippen molar-refractivity contribution in [2.75, 3.05) is 0 Å². The smallest absolute Gasteiger partial charge is 0.182 e. The van der Waals surface area contributed by atoms with Gasteiger partial charge in [0.05, 0.1) is 0 Å². The van der Waals surface area contributed by atoms with Gasteiger partial charge in [-0.2, -0.15) is 0 Å². The molecule has 0 aromatic heterocycles. The predicted molar refractivity (Wildman–Crippen MR) is 21.1 cm³/mol. The third kappa shape index (κ3) is 14.4. The van der Waals surface area contributed by atoms with Crippen LogP contribution in [0.1, 0.15) is 0 Å². The zero-order valence-corrected chi connectivity index (χ0v) is 3.33. The van der Waals surface area contributed by atoms with Gasteiger partial charge < -0.3 is 0 Å². The summed E-state index contributed by atoms with van der Waals surface area (Å²) < 4.78 is 0. The average molecular weight is 103 g/mol. The number of nitrogens with one attached hydrogen (secondary N) is 1. The SMILES string of the molecule is C#N.O=[NH+][O-].[CH]=O. The van der Waals surface area contributed by atoms with Crippen LogP contribution >= 0.6 is 0 Å². The molecule has 0 atom stereocenters. The molecule has 5 nitrogen and oxygen atoms in total. The fourth-order valence-corrected chi connectivity index (χ4v) is 0. The van der Waals surface area contributed by atoms with Gasteiger partial charge in [0.15, 0.2) is 6.79 Å². The van der Waals surface area contributed by atoms with E-state index in [-0.39, 0.29) is 5.34 Å². The third-order valence-corrected chi connectivity index (χ3v) is 0. The number of hydrogen-bond donors (Lipinski definition) is 1. The van der Waals surface area contributed by atoms with E-state index in [4.69, 9.17) is 20.2 Å². The Morgan fingerprint density at radius 2 is 1.43 bits per heavy atom. The predicted octanol–water partition coefficient (Wildman–Crippen LogP) is -1.80. The molecular formula is C2H3N2O3. The molecular weight excluding hydrogens is 100 g/mol. The van der Waals surface area contributed by atoms with Crippen molar-refractivity contribution < 1.29 is 10.1 Å². The lowest BCUT2D eigenvalue weighted by Gasteiger charge is -1.36. The van der Waals surface area contributed by atoms with E-state index in [1.54, 1.807) is 0 Å². The molecule has 39 valence electrons. The quantitative estimate of drug-likeness (QED) is 0.222. The Balaban J connectivity index is -0.0000000360. The summed E-state index contributed by atoms with van der Waals surface area (Å²) in [6, 6.07) is 0. The molecule has 0 aromatic rings. The number of nitriles is 1. The standard InChI is InChI=1S/CHN.CHO.HNO2/c2*1-2;2-1-3/h2*1H;1H. The van der Waals surface area contributed by atoms with E-state index in [1.165, 1.54) is 0 Å². The summed E-state index contributed by atoms with van der Waals surface area (Å²) in [5, 5.41) is 14.9. The van der Waals surface area contributed by atoms with E-state index in [1.807, 2.05) is 0 Å². The monoisotopic (exact) mass is 103 g/mol. The molecule has 0 aromatic carbocycles. The molecule has 1 N–H and O–H groups in total. The van der Waals surface area contributed by atoms with Gasteiger partial charge in [-0.15, -0.1) is 0 Å². The Morgan fingerprint density at radius 3 is 1.43 bits per heavy atom. The maximum Gasteiger partial charge on any atom is 0.182 e. The maximum atomic E-state index is 8.12. The Hall–Kier alpha value is -1.44. The third-order valence-electron chi connectivity index (χ3n) is 0. The summed E-state index contributed by atoms with van der Waals surface area (Å²) in [4.78, 5) is 15.9. The van der Waals surface area contributed by atoms with Crippen molar-refractivity contribution in [3.8, 4) is 6.57 Å². The van der Waals surface area contributed by atoms with E-state index in [0.29, 0.717) is 0 Å². The lowest BCUT2D eigenvalue weighted by atomic mass is 11.9. The summed E-state index contributed by atoms with van der Waals surface area (Å²) >= 11 is 0. The summed E-state index contributed by atoms with van der Waals surface area (Å²) in [6.45, 7) is 6.75. The van der Waals surface area contributed by atoms with Crippen molar-refractivity contribution >= 4 is 6.79 Å². The number of carbonyl (C=O) groups excluding carboxylic acids is 1. The first-order chi connectivity index (χ1) is 3.41. The van der Waals surface area contributed by atoms with Gasteiger partial charge in [-0.05, 0) is 0 Å². The van der Waals surface area contributed by atoms with Crippen LogP contribution < -0.4 is 5.34 Å². The lowest BCUT2D eigenvalue weighted by Crippen LogP contribution is -2.53. The van der Waals surface area contributed by atoms with Gasteiger partial charge in [0.25, 0.3) is 0 Å². The van der Waals surface area contributed by atoms with Crippen LogP contribution in [0, 0.1) is 21.9 Å². The van der Waals surface area contributed by atoms with Crippen molar-refractivity contribution in [1.82, 2.24) is 0 Å².